The van der Waals surface area contributed by atoms with Crippen molar-refractivity contribution in [1.29, 1.82) is 0 Å². The highest BCUT2D eigenvalue weighted by Crippen LogP contribution is 2.17. The summed E-state index contributed by atoms with van der Waals surface area (Å²) in [5.74, 6) is -0.397. The second kappa shape index (κ2) is 8.55. The van der Waals surface area contributed by atoms with Gasteiger partial charge < -0.3 is 16.4 Å². The third-order valence-electron chi connectivity index (χ3n) is 2.87. The van der Waals surface area contributed by atoms with E-state index in [0.29, 0.717) is 6.54 Å². The molecule has 20 heavy (non-hydrogen) atoms. The molecule has 2 atom stereocenters. The summed E-state index contributed by atoms with van der Waals surface area (Å²) in [6, 6.07) is 7.27. The molecular formula is C14H22ClN3O2. The van der Waals surface area contributed by atoms with Crippen LogP contribution < -0.4 is 16.4 Å². The Kier molecular flexibility index (Phi) is 7.87. The van der Waals surface area contributed by atoms with Gasteiger partial charge in [-0.1, -0.05) is 19.1 Å². The van der Waals surface area contributed by atoms with Crippen molar-refractivity contribution < 1.29 is 9.59 Å². The molecule has 0 aliphatic rings. The number of benzene rings is 1. The van der Waals surface area contributed by atoms with Gasteiger partial charge >= 0.3 is 0 Å². The summed E-state index contributed by atoms with van der Waals surface area (Å²) in [7, 11) is 0. The van der Waals surface area contributed by atoms with Crippen molar-refractivity contribution >= 4 is 29.9 Å². The number of carbonyl (C=O) groups excluding carboxylic acids is 2. The van der Waals surface area contributed by atoms with E-state index in [4.69, 9.17) is 5.73 Å². The Hall–Kier alpha value is -1.59. The van der Waals surface area contributed by atoms with Crippen LogP contribution in [0.2, 0.25) is 0 Å². The molecule has 0 fully saturated rings. The molecule has 0 saturated heterocycles. The molecule has 6 heteroatoms. The number of hydrogen-bond acceptors (Lipinski definition) is 3. The third-order valence-corrected chi connectivity index (χ3v) is 2.87. The van der Waals surface area contributed by atoms with Gasteiger partial charge in [0.1, 0.15) is 0 Å². The van der Waals surface area contributed by atoms with Gasteiger partial charge in [-0.05, 0) is 24.6 Å². The SMILES string of the molecule is CC(=O)Nc1cccc(C(C)NC(=O)C(C)CN)c1.Cl. The molecule has 0 saturated carbocycles. The molecule has 0 aliphatic heterocycles. The van der Waals surface area contributed by atoms with Crippen molar-refractivity contribution in [3.05, 3.63) is 29.8 Å². The van der Waals surface area contributed by atoms with E-state index in [1.165, 1.54) is 6.92 Å². The van der Waals surface area contributed by atoms with Gasteiger partial charge in [-0.25, -0.2) is 0 Å². The van der Waals surface area contributed by atoms with Gasteiger partial charge in [-0.15, -0.1) is 12.4 Å². The maximum Gasteiger partial charge on any atom is 0.224 e. The number of nitrogens with one attached hydrogen (secondary N) is 2. The smallest absolute Gasteiger partial charge is 0.224 e. The quantitative estimate of drug-likeness (QED) is 0.775. The van der Waals surface area contributed by atoms with Crippen LogP contribution in [-0.4, -0.2) is 18.4 Å². The van der Waals surface area contributed by atoms with Crippen molar-refractivity contribution in [1.82, 2.24) is 5.32 Å². The standard InChI is InChI=1S/C14H21N3O2.ClH/c1-9(8-15)14(19)16-10(2)12-5-4-6-13(7-12)17-11(3)18;/h4-7,9-10H,8,15H2,1-3H3,(H,16,19)(H,17,18);1H. The van der Waals surface area contributed by atoms with E-state index in [0.717, 1.165) is 11.3 Å². The summed E-state index contributed by atoms with van der Waals surface area (Å²) >= 11 is 0. The Morgan fingerprint density at radius 1 is 1.30 bits per heavy atom. The van der Waals surface area contributed by atoms with Crippen LogP contribution in [0.15, 0.2) is 24.3 Å². The van der Waals surface area contributed by atoms with Crippen LogP contribution in [0.1, 0.15) is 32.4 Å². The molecule has 5 nitrogen and oxygen atoms in total. The predicted octanol–water partition coefficient (Wildman–Crippen LogP) is 1.84. The van der Waals surface area contributed by atoms with E-state index in [2.05, 4.69) is 10.6 Å². The van der Waals surface area contributed by atoms with Crippen LogP contribution in [0.5, 0.6) is 0 Å². The van der Waals surface area contributed by atoms with Crippen LogP contribution in [0.3, 0.4) is 0 Å². The van der Waals surface area contributed by atoms with Gasteiger partial charge in [0.25, 0.3) is 0 Å². The lowest BCUT2D eigenvalue weighted by atomic mass is 10.1. The van der Waals surface area contributed by atoms with E-state index in [1.54, 1.807) is 6.92 Å². The fourth-order valence-corrected chi connectivity index (χ4v) is 1.64. The summed E-state index contributed by atoms with van der Waals surface area (Å²) in [6.07, 6.45) is 0. The molecule has 2 amide bonds. The minimum absolute atomic E-state index is 0. The van der Waals surface area contributed by atoms with Gasteiger partial charge in [0.15, 0.2) is 0 Å². The first kappa shape index (κ1) is 18.4. The molecule has 1 aromatic carbocycles. The maximum atomic E-state index is 11.8. The zero-order valence-electron chi connectivity index (χ0n) is 12.0. The van der Waals surface area contributed by atoms with Crippen LogP contribution in [0.4, 0.5) is 5.69 Å². The Morgan fingerprint density at radius 3 is 2.50 bits per heavy atom. The first-order valence-corrected chi connectivity index (χ1v) is 6.32. The zero-order valence-corrected chi connectivity index (χ0v) is 12.8. The number of amides is 2. The van der Waals surface area contributed by atoms with Gasteiger partial charge in [0.05, 0.1) is 6.04 Å². The number of anilines is 1. The van der Waals surface area contributed by atoms with E-state index >= 15 is 0 Å². The molecule has 1 rings (SSSR count). The van der Waals surface area contributed by atoms with Gasteiger partial charge in [-0.3, -0.25) is 9.59 Å². The molecule has 2 unspecified atom stereocenters. The molecule has 0 spiro atoms. The maximum absolute atomic E-state index is 11.8. The first-order chi connectivity index (χ1) is 8.93. The molecule has 0 aromatic heterocycles. The molecule has 0 heterocycles. The van der Waals surface area contributed by atoms with Crippen LogP contribution in [0, 0.1) is 5.92 Å². The minimum atomic E-state index is -0.207. The molecular weight excluding hydrogens is 278 g/mol. The Labute approximate surface area is 125 Å². The first-order valence-electron chi connectivity index (χ1n) is 6.32. The molecule has 0 bridgehead atoms. The highest BCUT2D eigenvalue weighted by molar-refractivity contribution is 5.88. The van der Waals surface area contributed by atoms with Crippen molar-refractivity contribution in [3.8, 4) is 0 Å². The highest BCUT2D eigenvalue weighted by atomic mass is 35.5. The van der Waals surface area contributed by atoms with E-state index in [-0.39, 0.29) is 36.2 Å². The molecule has 112 valence electrons. The van der Waals surface area contributed by atoms with Crippen LogP contribution in [-0.2, 0) is 9.59 Å². The van der Waals surface area contributed by atoms with Gasteiger partial charge in [-0.2, -0.15) is 0 Å². The van der Waals surface area contributed by atoms with Crippen LogP contribution in [0.25, 0.3) is 0 Å². The topological polar surface area (TPSA) is 84.2 Å². The molecule has 0 radical (unpaired) electrons. The molecule has 0 aliphatic carbocycles. The second-order valence-electron chi connectivity index (χ2n) is 4.67. The second-order valence-corrected chi connectivity index (χ2v) is 4.67. The summed E-state index contributed by atoms with van der Waals surface area (Å²) in [5.41, 5.74) is 7.11. The van der Waals surface area contributed by atoms with Gasteiger partial charge in [0, 0.05) is 25.1 Å². The highest BCUT2D eigenvalue weighted by Gasteiger charge is 2.14. The normalized spacial score (nSPS) is 12.8. The summed E-state index contributed by atoms with van der Waals surface area (Å²) < 4.78 is 0. The van der Waals surface area contributed by atoms with Crippen molar-refractivity contribution in [3.63, 3.8) is 0 Å². The van der Waals surface area contributed by atoms with Gasteiger partial charge in [0.2, 0.25) is 11.8 Å². The Bertz CT molecular complexity index is 465. The number of nitrogens with two attached hydrogens (primary N) is 1. The lowest BCUT2D eigenvalue weighted by Crippen LogP contribution is -2.34. The minimum Gasteiger partial charge on any atom is -0.349 e. The number of halogens is 1. The van der Waals surface area contributed by atoms with Crippen molar-refractivity contribution in [2.45, 2.75) is 26.8 Å². The number of hydrogen-bond donors (Lipinski definition) is 3. The largest absolute Gasteiger partial charge is 0.349 e. The van der Waals surface area contributed by atoms with E-state index in [1.807, 2.05) is 31.2 Å². The van der Waals surface area contributed by atoms with E-state index in [9.17, 15) is 9.59 Å². The Balaban J connectivity index is 0.00000361. The average Bonchev–Trinajstić information content (AvgIpc) is 2.37. The lowest BCUT2D eigenvalue weighted by Gasteiger charge is -2.17. The number of rotatable bonds is 5. The number of carbonyl (C=O) groups is 2. The molecule has 4 N–H and O–H groups in total. The van der Waals surface area contributed by atoms with E-state index < -0.39 is 0 Å². The monoisotopic (exact) mass is 299 g/mol. The third kappa shape index (κ3) is 5.59. The molecule has 1 aromatic rings. The Morgan fingerprint density at radius 2 is 1.95 bits per heavy atom. The summed E-state index contributed by atoms with van der Waals surface area (Å²) in [4.78, 5) is 22.8. The fraction of sp³-hybridized carbons (Fsp3) is 0.429. The summed E-state index contributed by atoms with van der Waals surface area (Å²) in [6.45, 7) is 5.47. The zero-order chi connectivity index (χ0) is 14.4. The fourth-order valence-electron chi connectivity index (χ4n) is 1.64. The van der Waals surface area contributed by atoms with Crippen molar-refractivity contribution in [2.24, 2.45) is 11.7 Å². The average molecular weight is 300 g/mol. The predicted molar refractivity (Wildman–Crippen MR) is 82.8 cm³/mol. The van der Waals surface area contributed by atoms with Crippen LogP contribution >= 0.6 is 12.4 Å². The summed E-state index contributed by atoms with van der Waals surface area (Å²) in [5, 5.41) is 5.61. The van der Waals surface area contributed by atoms with Crippen molar-refractivity contribution in [2.75, 3.05) is 11.9 Å². The lowest BCUT2D eigenvalue weighted by molar-refractivity contribution is -0.124.